The third-order valence-corrected chi connectivity index (χ3v) is 4.69. The second-order valence-electron chi connectivity index (χ2n) is 4.91. The molecule has 2 unspecified atom stereocenters. The van der Waals surface area contributed by atoms with Crippen LogP contribution in [0, 0.1) is 5.92 Å². The molecule has 1 heterocycles. The van der Waals surface area contributed by atoms with Crippen LogP contribution in [-0.2, 0) is 14.3 Å². The maximum absolute atomic E-state index is 11.6. The van der Waals surface area contributed by atoms with Crippen molar-refractivity contribution in [2.24, 2.45) is 5.92 Å². The lowest BCUT2D eigenvalue weighted by Gasteiger charge is -2.13. The highest BCUT2D eigenvalue weighted by molar-refractivity contribution is 7.87. The fraction of sp³-hybridized carbons (Fsp3) is 1.00. The molecule has 3 nitrogen and oxygen atoms in total. The van der Waals surface area contributed by atoms with E-state index in [-0.39, 0.29) is 5.25 Å². The lowest BCUT2D eigenvalue weighted by atomic mass is 9.95. The number of hydrogen-bond acceptors (Lipinski definition) is 3. The van der Waals surface area contributed by atoms with Crippen molar-refractivity contribution in [2.45, 2.75) is 57.8 Å². The Hall–Kier alpha value is -0.0900. The van der Waals surface area contributed by atoms with Gasteiger partial charge in [0.15, 0.2) is 0 Å². The molecule has 1 saturated heterocycles. The first-order valence-corrected chi connectivity index (χ1v) is 6.68. The van der Waals surface area contributed by atoms with Crippen molar-refractivity contribution >= 4 is 10.1 Å². The zero-order chi connectivity index (χ0) is 11.0. The first kappa shape index (κ1) is 12.0. The minimum Gasteiger partial charge on any atom is -0.264 e. The van der Waals surface area contributed by atoms with Crippen LogP contribution in [0.3, 0.4) is 0 Å². The van der Waals surface area contributed by atoms with Crippen LogP contribution < -0.4 is 0 Å². The summed E-state index contributed by atoms with van der Waals surface area (Å²) < 4.78 is 28.3. The van der Waals surface area contributed by atoms with Crippen LogP contribution in [-0.4, -0.2) is 19.3 Å². The Labute approximate surface area is 87.0 Å². The van der Waals surface area contributed by atoms with Crippen LogP contribution in [0.2, 0.25) is 0 Å². The van der Waals surface area contributed by atoms with Crippen molar-refractivity contribution < 1.29 is 12.6 Å². The molecular weight excluding hydrogens is 200 g/mol. The van der Waals surface area contributed by atoms with Gasteiger partial charge in [0.2, 0.25) is 0 Å². The van der Waals surface area contributed by atoms with Crippen molar-refractivity contribution in [3.63, 3.8) is 0 Å². The van der Waals surface area contributed by atoms with E-state index in [1.54, 1.807) is 0 Å². The summed E-state index contributed by atoms with van der Waals surface area (Å²) in [6.07, 6.45) is 2.37. The highest BCUT2D eigenvalue weighted by Gasteiger charge is 2.44. The van der Waals surface area contributed by atoms with Gasteiger partial charge in [-0.25, -0.2) is 0 Å². The predicted molar refractivity (Wildman–Crippen MR) is 56.6 cm³/mol. The smallest absolute Gasteiger partial charge is 0.264 e. The summed E-state index contributed by atoms with van der Waals surface area (Å²) in [4.78, 5) is 0. The zero-order valence-corrected chi connectivity index (χ0v) is 10.2. The summed E-state index contributed by atoms with van der Waals surface area (Å²) >= 11 is 0. The molecule has 0 spiro atoms. The number of hydrogen-bond donors (Lipinski definition) is 0. The molecule has 1 fully saturated rings. The number of rotatable bonds is 3. The van der Waals surface area contributed by atoms with Gasteiger partial charge in [-0.05, 0) is 32.6 Å². The van der Waals surface area contributed by atoms with Gasteiger partial charge in [-0.15, -0.1) is 0 Å². The van der Waals surface area contributed by atoms with Crippen LogP contribution in [0.1, 0.15) is 47.0 Å². The molecule has 0 bridgehead atoms. The van der Waals surface area contributed by atoms with Gasteiger partial charge in [0.05, 0.1) is 10.9 Å². The Balaban J connectivity index is 2.71. The van der Waals surface area contributed by atoms with Gasteiger partial charge in [0.25, 0.3) is 10.1 Å². The summed E-state index contributed by atoms with van der Waals surface area (Å²) in [5.74, 6) is 0.451. The zero-order valence-electron chi connectivity index (χ0n) is 9.41. The molecule has 0 N–H and O–H groups in total. The molecule has 0 amide bonds. The minimum absolute atomic E-state index is 0.299. The summed E-state index contributed by atoms with van der Waals surface area (Å²) in [7, 11) is -3.30. The predicted octanol–water partition coefficient (Wildman–Crippen LogP) is 2.32. The average molecular weight is 220 g/mol. The molecule has 84 valence electrons. The van der Waals surface area contributed by atoms with Crippen molar-refractivity contribution in [3.8, 4) is 0 Å². The first-order chi connectivity index (χ1) is 6.27. The van der Waals surface area contributed by atoms with Crippen molar-refractivity contribution in [1.29, 1.82) is 0 Å². The molecule has 0 radical (unpaired) electrons. The first-order valence-electron chi connectivity index (χ1n) is 5.21. The normalized spacial score (nSPS) is 31.6. The second-order valence-corrected chi connectivity index (χ2v) is 6.73. The lowest BCUT2D eigenvalue weighted by molar-refractivity contribution is 0.139. The van der Waals surface area contributed by atoms with Crippen LogP contribution in [0.15, 0.2) is 0 Å². The Morgan fingerprint density at radius 1 is 1.50 bits per heavy atom. The Kier molecular flexibility index (Phi) is 3.26. The van der Waals surface area contributed by atoms with Gasteiger partial charge in [0.1, 0.15) is 0 Å². The topological polar surface area (TPSA) is 43.4 Å². The molecule has 0 aliphatic carbocycles. The highest BCUT2D eigenvalue weighted by Crippen LogP contribution is 2.36. The molecule has 14 heavy (non-hydrogen) atoms. The van der Waals surface area contributed by atoms with Crippen molar-refractivity contribution in [3.05, 3.63) is 0 Å². The van der Waals surface area contributed by atoms with E-state index in [4.69, 9.17) is 4.18 Å². The minimum atomic E-state index is -3.30. The van der Waals surface area contributed by atoms with E-state index in [0.717, 1.165) is 12.8 Å². The molecule has 1 aliphatic rings. The van der Waals surface area contributed by atoms with E-state index in [1.807, 2.05) is 13.8 Å². The molecular formula is C10H20O3S. The van der Waals surface area contributed by atoms with Gasteiger partial charge in [0, 0.05) is 0 Å². The quantitative estimate of drug-likeness (QED) is 0.686. The van der Waals surface area contributed by atoms with Gasteiger partial charge in [-0.1, -0.05) is 20.3 Å². The Bertz CT molecular complexity index is 292. The molecule has 2 atom stereocenters. The second kappa shape index (κ2) is 3.81. The molecule has 1 rings (SSSR count). The van der Waals surface area contributed by atoms with Gasteiger partial charge in [-0.3, -0.25) is 4.18 Å². The molecule has 0 aromatic heterocycles. The molecule has 1 aliphatic heterocycles. The van der Waals surface area contributed by atoms with E-state index in [0.29, 0.717) is 12.3 Å². The maximum atomic E-state index is 11.6. The Morgan fingerprint density at radius 2 is 2.07 bits per heavy atom. The molecule has 0 aromatic rings. The van der Waals surface area contributed by atoms with Gasteiger partial charge in [-0.2, -0.15) is 8.42 Å². The highest BCUT2D eigenvalue weighted by atomic mass is 32.2. The van der Waals surface area contributed by atoms with E-state index in [9.17, 15) is 8.42 Å². The van der Waals surface area contributed by atoms with Crippen molar-refractivity contribution in [1.82, 2.24) is 0 Å². The van der Waals surface area contributed by atoms with Gasteiger partial charge >= 0.3 is 0 Å². The van der Waals surface area contributed by atoms with Crippen LogP contribution in [0.5, 0.6) is 0 Å². The van der Waals surface area contributed by atoms with E-state index in [1.165, 1.54) is 0 Å². The summed E-state index contributed by atoms with van der Waals surface area (Å²) in [5.41, 5.74) is -0.503. The monoisotopic (exact) mass is 220 g/mol. The van der Waals surface area contributed by atoms with Crippen LogP contribution in [0.25, 0.3) is 0 Å². The van der Waals surface area contributed by atoms with E-state index < -0.39 is 15.7 Å². The van der Waals surface area contributed by atoms with E-state index >= 15 is 0 Å². The molecule has 0 saturated carbocycles. The van der Waals surface area contributed by atoms with Gasteiger partial charge < -0.3 is 0 Å². The van der Waals surface area contributed by atoms with E-state index in [2.05, 4.69) is 13.8 Å². The van der Waals surface area contributed by atoms with Crippen LogP contribution in [0.4, 0.5) is 0 Å². The SMILES string of the molecule is CCC(C)CC1CC(C)(C)OS1(=O)=O. The van der Waals surface area contributed by atoms with Crippen LogP contribution >= 0.6 is 0 Å². The fourth-order valence-electron chi connectivity index (χ4n) is 1.88. The standard InChI is InChI=1S/C10H20O3S/c1-5-8(2)6-9-7-10(3,4)13-14(9,11)12/h8-9H,5-7H2,1-4H3. The maximum Gasteiger partial charge on any atom is 0.270 e. The lowest BCUT2D eigenvalue weighted by Crippen LogP contribution is -2.18. The third kappa shape index (κ3) is 2.70. The largest absolute Gasteiger partial charge is 0.270 e. The summed E-state index contributed by atoms with van der Waals surface area (Å²) in [6.45, 7) is 7.83. The average Bonchev–Trinajstić information content (AvgIpc) is 2.19. The summed E-state index contributed by atoms with van der Waals surface area (Å²) in [6, 6.07) is 0. The third-order valence-electron chi connectivity index (χ3n) is 2.83. The van der Waals surface area contributed by atoms with Crippen molar-refractivity contribution in [2.75, 3.05) is 0 Å². The summed E-state index contributed by atoms with van der Waals surface area (Å²) in [5, 5.41) is -0.299. The molecule has 4 heteroatoms. The molecule has 0 aromatic carbocycles. The fourth-order valence-corrected chi connectivity index (χ4v) is 3.89. The Morgan fingerprint density at radius 3 is 2.43 bits per heavy atom.